The van der Waals surface area contributed by atoms with Gasteiger partial charge in [-0.05, 0) is 62.1 Å². The minimum absolute atomic E-state index is 0.0711. The molecule has 1 amide bonds. The molecule has 0 spiro atoms. The first-order valence-corrected chi connectivity index (χ1v) is 11.5. The molecule has 180 valence electrons. The molecule has 0 unspecified atom stereocenters. The molecule has 0 radical (unpaired) electrons. The number of hydrazone groups is 1. The van der Waals surface area contributed by atoms with Crippen molar-refractivity contribution in [1.82, 2.24) is 35.6 Å². The molecular formula is C23H31N9O2. The average molecular weight is 466 g/mol. The van der Waals surface area contributed by atoms with Crippen LogP contribution >= 0.6 is 0 Å². The number of amides is 1. The Balaban J connectivity index is 1.58. The van der Waals surface area contributed by atoms with Gasteiger partial charge in [-0.1, -0.05) is 42.2 Å². The van der Waals surface area contributed by atoms with Crippen LogP contribution in [-0.4, -0.2) is 55.4 Å². The Hall–Kier alpha value is -3.60. The smallest absolute Gasteiger partial charge is 0.293 e. The Kier molecular flexibility index (Phi) is 7.01. The Morgan fingerprint density at radius 1 is 1.24 bits per heavy atom. The van der Waals surface area contributed by atoms with Gasteiger partial charge in [0.25, 0.3) is 5.91 Å². The molecule has 3 N–H and O–H groups in total. The fourth-order valence-electron chi connectivity index (χ4n) is 4.62. The van der Waals surface area contributed by atoms with Crippen LogP contribution in [0.15, 0.2) is 21.9 Å². The molecule has 0 saturated heterocycles. The molecule has 2 aromatic heterocycles. The maximum Gasteiger partial charge on any atom is 0.293 e. The van der Waals surface area contributed by atoms with Gasteiger partial charge in [-0.2, -0.15) is 9.78 Å². The van der Waals surface area contributed by atoms with Gasteiger partial charge < -0.3 is 5.73 Å². The molecule has 4 rings (SSSR count). The summed E-state index contributed by atoms with van der Waals surface area (Å²) in [7, 11) is 2.04. The quantitative estimate of drug-likeness (QED) is 0.401. The Morgan fingerprint density at radius 3 is 2.59 bits per heavy atom. The van der Waals surface area contributed by atoms with Gasteiger partial charge in [0.1, 0.15) is 0 Å². The summed E-state index contributed by atoms with van der Waals surface area (Å²) >= 11 is 0. The molecule has 1 saturated carbocycles. The Bertz CT molecular complexity index is 1170. The van der Waals surface area contributed by atoms with Crippen molar-refractivity contribution in [3.63, 3.8) is 0 Å². The molecule has 0 bridgehead atoms. The van der Waals surface area contributed by atoms with Crippen LogP contribution in [0.4, 0.5) is 5.82 Å². The van der Waals surface area contributed by atoms with Crippen molar-refractivity contribution in [3.8, 4) is 5.82 Å². The molecule has 0 aliphatic heterocycles. The van der Waals surface area contributed by atoms with Gasteiger partial charge in [0.05, 0.1) is 11.9 Å². The number of anilines is 1. The van der Waals surface area contributed by atoms with Crippen molar-refractivity contribution in [1.29, 1.82) is 0 Å². The average Bonchev–Trinajstić information content (AvgIpc) is 3.41. The van der Waals surface area contributed by atoms with E-state index >= 15 is 0 Å². The SMILES string of the molecule is Cc1cc(C)c(/C=N/NC(=O)c2nnn(-c3nonc3N)c2CN(C)C2CCCCC2)c(C)c1. The highest BCUT2D eigenvalue weighted by molar-refractivity contribution is 5.94. The van der Waals surface area contributed by atoms with E-state index in [2.05, 4.69) is 55.1 Å². The molecule has 11 nitrogen and oxygen atoms in total. The molecule has 1 fully saturated rings. The first-order valence-electron chi connectivity index (χ1n) is 11.5. The number of hydrogen-bond acceptors (Lipinski definition) is 9. The second kappa shape index (κ2) is 10.1. The number of benzene rings is 1. The number of nitrogen functional groups attached to an aromatic ring is 1. The monoisotopic (exact) mass is 465 g/mol. The van der Waals surface area contributed by atoms with Crippen LogP contribution in [0.2, 0.25) is 0 Å². The third-order valence-corrected chi connectivity index (χ3v) is 6.37. The van der Waals surface area contributed by atoms with E-state index in [9.17, 15) is 4.79 Å². The lowest BCUT2D eigenvalue weighted by atomic mass is 9.94. The summed E-state index contributed by atoms with van der Waals surface area (Å²) in [5.41, 5.74) is 13.5. The van der Waals surface area contributed by atoms with Crippen LogP contribution in [0.1, 0.15) is 70.5 Å². The fraction of sp³-hybridized carbons (Fsp3) is 0.478. The number of aryl methyl sites for hydroxylation is 3. The van der Waals surface area contributed by atoms with E-state index in [1.54, 1.807) is 6.21 Å². The molecule has 11 heteroatoms. The number of rotatable bonds is 7. The Labute approximate surface area is 198 Å². The van der Waals surface area contributed by atoms with Crippen molar-refractivity contribution >= 4 is 17.9 Å². The molecule has 3 aromatic rings. The van der Waals surface area contributed by atoms with Gasteiger partial charge in [-0.25, -0.2) is 10.1 Å². The number of nitrogens with zero attached hydrogens (tertiary/aromatic N) is 7. The number of carbonyl (C=O) groups is 1. The van der Waals surface area contributed by atoms with Crippen molar-refractivity contribution in [2.24, 2.45) is 5.10 Å². The zero-order valence-electron chi connectivity index (χ0n) is 20.1. The summed E-state index contributed by atoms with van der Waals surface area (Å²) in [4.78, 5) is 15.3. The van der Waals surface area contributed by atoms with E-state index in [0.29, 0.717) is 18.3 Å². The Morgan fingerprint density at radius 2 is 1.94 bits per heavy atom. The van der Waals surface area contributed by atoms with Crippen LogP contribution in [0, 0.1) is 20.8 Å². The largest absolute Gasteiger partial charge is 0.378 e. The normalized spacial score (nSPS) is 14.9. The summed E-state index contributed by atoms with van der Waals surface area (Å²) in [6.07, 6.45) is 7.55. The van der Waals surface area contributed by atoms with E-state index in [1.165, 1.54) is 29.5 Å². The summed E-state index contributed by atoms with van der Waals surface area (Å²) in [6.45, 7) is 6.52. The standard InChI is InChI=1S/C23H31N9O2/c1-14-10-15(2)18(16(3)11-14)12-25-27-23(33)20-19(13-31(4)17-8-6-5-7-9-17)32(30-26-20)22-21(24)28-34-29-22/h10-12,17H,5-9,13H2,1-4H3,(H2,24,28)(H,27,33)/b25-12+. The first kappa shape index (κ1) is 23.6. The maximum atomic E-state index is 13.1. The molecule has 0 atom stereocenters. The zero-order valence-corrected chi connectivity index (χ0v) is 20.1. The van der Waals surface area contributed by atoms with Crippen LogP contribution in [0.25, 0.3) is 5.82 Å². The molecular weight excluding hydrogens is 434 g/mol. The predicted molar refractivity (Wildman–Crippen MR) is 128 cm³/mol. The number of carbonyl (C=O) groups excluding carboxylic acids is 1. The van der Waals surface area contributed by atoms with Gasteiger partial charge in [0.15, 0.2) is 5.69 Å². The maximum absolute atomic E-state index is 13.1. The fourth-order valence-corrected chi connectivity index (χ4v) is 4.62. The third-order valence-electron chi connectivity index (χ3n) is 6.37. The minimum atomic E-state index is -0.466. The van der Waals surface area contributed by atoms with Crippen LogP contribution < -0.4 is 11.2 Å². The number of nitrogens with two attached hydrogens (primary N) is 1. The molecule has 1 aromatic carbocycles. The number of aromatic nitrogens is 5. The van der Waals surface area contributed by atoms with Crippen molar-refractivity contribution in [3.05, 3.63) is 45.8 Å². The highest BCUT2D eigenvalue weighted by Crippen LogP contribution is 2.24. The molecule has 34 heavy (non-hydrogen) atoms. The zero-order chi connectivity index (χ0) is 24.2. The van der Waals surface area contributed by atoms with Gasteiger partial charge in [0.2, 0.25) is 11.6 Å². The van der Waals surface area contributed by atoms with E-state index < -0.39 is 5.91 Å². The van der Waals surface area contributed by atoms with Crippen molar-refractivity contribution < 1.29 is 9.42 Å². The van der Waals surface area contributed by atoms with Crippen LogP contribution in [-0.2, 0) is 6.54 Å². The lowest BCUT2D eigenvalue weighted by Crippen LogP contribution is -2.34. The van der Waals surface area contributed by atoms with E-state index in [-0.39, 0.29) is 17.3 Å². The van der Waals surface area contributed by atoms with Gasteiger partial charge in [-0.15, -0.1) is 5.10 Å². The topological polar surface area (TPSA) is 140 Å². The predicted octanol–water partition coefficient (Wildman–Crippen LogP) is 2.69. The second-order valence-electron chi connectivity index (χ2n) is 8.99. The number of hydrogen-bond donors (Lipinski definition) is 2. The highest BCUT2D eigenvalue weighted by Gasteiger charge is 2.27. The summed E-state index contributed by atoms with van der Waals surface area (Å²) in [6, 6.07) is 4.58. The lowest BCUT2D eigenvalue weighted by molar-refractivity contribution is 0.0947. The third kappa shape index (κ3) is 4.98. The first-order chi connectivity index (χ1) is 16.3. The summed E-state index contributed by atoms with van der Waals surface area (Å²) in [5.74, 6) is -0.193. The molecule has 2 heterocycles. The summed E-state index contributed by atoms with van der Waals surface area (Å²) in [5, 5.41) is 19.9. The van der Waals surface area contributed by atoms with Crippen LogP contribution in [0.3, 0.4) is 0 Å². The highest BCUT2D eigenvalue weighted by atomic mass is 16.6. The van der Waals surface area contributed by atoms with Crippen molar-refractivity contribution in [2.45, 2.75) is 65.5 Å². The summed E-state index contributed by atoms with van der Waals surface area (Å²) < 4.78 is 6.15. The van der Waals surface area contributed by atoms with E-state index in [1.807, 2.05) is 20.9 Å². The van der Waals surface area contributed by atoms with E-state index in [4.69, 9.17) is 10.4 Å². The van der Waals surface area contributed by atoms with Gasteiger partial charge in [-0.3, -0.25) is 9.69 Å². The van der Waals surface area contributed by atoms with Crippen LogP contribution in [0.5, 0.6) is 0 Å². The molecule has 1 aliphatic carbocycles. The van der Waals surface area contributed by atoms with Crippen molar-refractivity contribution in [2.75, 3.05) is 12.8 Å². The van der Waals surface area contributed by atoms with E-state index in [0.717, 1.165) is 29.5 Å². The second-order valence-corrected chi connectivity index (χ2v) is 8.99. The lowest BCUT2D eigenvalue weighted by Gasteiger charge is -2.31. The van der Waals surface area contributed by atoms with Gasteiger partial charge >= 0.3 is 0 Å². The molecule has 1 aliphatic rings. The number of nitrogens with one attached hydrogen (secondary N) is 1. The van der Waals surface area contributed by atoms with Gasteiger partial charge in [0, 0.05) is 18.2 Å². The minimum Gasteiger partial charge on any atom is -0.378 e.